The Morgan fingerprint density at radius 3 is 2.58 bits per heavy atom. The van der Waals surface area contributed by atoms with Crippen molar-refractivity contribution in [3.05, 3.63) is 60.9 Å². The number of hydrogen-bond donors (Lipinski definition) is 0. The average Bonchev–Trinajstić information content (AvgIpc) is 3.04. The van der Waals surface area contributed by atoms with Crippen LogP contribution in [0.4, 0.5) is 0 Å². The number of rotatable bonds is 7. The Labute approximate surface area is 204 Å². The Hall–Kier alpha value is -1.67. The monoisotopic (exact) mass is 542 g/mol. The number of benzene rings is 2. The molecule has 2 aromatic rings. The molecule has 5 nitrogen and oxygen atoms in total. The number of aliphatic imine (C=N–C) groups is 1. The summed E-state index contributed by atoms with van der Waals surface area (Å²) in [6.07, 6.45) is 1.84. The molecule has 0 atom stereocenters. The molecule has 3 rings (SSSR count). The summed E-state index contributed by atoms with van der Waals surface area (Å²) < 4.78 is 12.2. The number of carbonyl (C=O) groups excluding carboxylic acids is 1. The molecular weight excluding hydrogens is 523 g/mol. The fourth-order valence-corrected chi connectivity index (χ4v) is 4.76. The Morgan fingerprint density at radius 1 is 1.16 bits per heavy atom. The van der Waals surface area contributed by atoms with Crippen LogP contribution in [0.5, 0.6) is 11.5 Å². The number of methoxy groups -OCH3 is 1. The van der Waals surface area contributed by atoms with Crippen LogP contribution in [0.15, 0.2) is 44.7 Å². The number of amidine groups is 1. The summed E-state index contributed by atoms with van der Waals surface area (Å²) in [5.41, 5.74) is 1.69. The van der Waals surface area contributed by atoms with E-state index in [9.17, 15) is 4.79 Å². The van der Waals surface area contributed by atoms with Gasteiger partial charge in [0.15, 0.2) is 16.7 Å². The Morgan fingerprint density at radius 2 is 1.94 bits per heavy atom. The van der Waals surface area contributed by atoms with Gasteiger partial charge in [0.05, 0.1) is 22.1 Å². The minimum absolute atomic E-state index is 0.0505. The number of carbonyl (C=O) groups is 1. The zero-order valence-corrected chi connectivity index (χ0v) is 21.2. The van der Waals surface area contributed by atoms with E-state index in [-0.39, 0.29) is 5.91 Å². The molecule has 9 heteroatoms. The fourth-order valence-electron chi connectivity index (χ4n) is 2.91. The van der Waals surface area contributed by atoms with Crippen LogP contribution < -0.4 is 9.47 Å². The molecule has 164 valence electrons. The van der Waals surface area contributed by atoms with E-state index in [1.807, 2.05) is 38.1 Å². The second kappa shape index (κ2) is 10.8. The van der Waals surface area contributed by atoms with Crippen LogP contribution in [0.2, 0.25) is 10.0 Å². The lowest BCUT2D eigenvalue weighted by Gasteiger charge is -2.13. The lowest BCUT2D eigenvalue weighted by molar-refractivity contribution is -0.122. The zero-order chi connectivity index (χ0) is 22.5. The Bertz CT molecular complexity index is 1060. The second-order valence-corrected chi connectivity index (χ2v) is 9.16. The predicted molar refractivity (Wildman–Crippen MR) is 132 cm³/mol. The van der Waals surface area contributed by atoms with Crippen molar-refractivity contribution in [2.24, 2.45) is 4.99 Å². The molecule has 0 N–H and O–H groups in total. The minimum atomic E-state index is -0.0505. The summed E-state index contributed by atoms with van der Waals surface area (Å²) in [6, 6.07) is 9.01. The van der Waals surface area contributed by atoms with Crippen molar-refractivity contribution in [1.82, 2.24) is 4.90 Å². The number of halogens is 3. The number of nitrogens with zero attached hydrogens (tertiary/aromatic N) is 2. The number of thioether (sulfide) groups is 1. The lowest BCUT2D eigenvalue weighted by atomic mass is 10.1. The van der Waals surface area contributed by atoms with E-state index in [1.165, 1.54) is 11.8 Å². The number of hydrogen-bond acceptors (Lipinski definition) is 5. The van der Waals surface area contributed by atoms with Crippen molar-refractivity contribution in [1.29, 1.82) is 0 Å². The summed E-state index contributed by atoms with van der Waals surface area (Å²) in [5, 5.41) is 1.70. The summed E-state index contributed by atoms with van der Waals surface area (Å²) in [6.45, 7) is 5.39. The van der Waals surface area contributed by atoms with E-state index in [0.717, 1.165) is 20.8 Å². The summed E-state index contributed by atoms with van der Waals surface area (Å²) in [5.74, 6) is 1.07. The molecule has 1 amide bonds. The summed E-state index contributed by atoms with van der Waals surface area (Å²) >= 11 is 17.0. The molecule has 2 aromatic carbocycles. The van der Waals surface area contributed by atoms with Crippen LogP contribution in [0.25, 0.3) is 6.08 Å². The molecule has 1 fully saturated rings. The number of ether oxygens (including phenoxy) is 2. The molecular formula is C22H21BrCl2N2O3S. The smallest absolute Gasteiger partial charge is 0.266 e. The number of likely N-dealkylation sites (N-methyl/N-ethyl adjacent to an activating group) is 1. The van der Waals surface area contributed by atoms with Crippen LogP contribution in [0.3, 0.4) is 0 Å². The van der Waals surface area contributed by atoms with Gasteiger partial charge in [-0.1, -0.05) is 45.2 Å². The topological polar surface area (TPSA) is 51.1 Å². The normalized spacial score (nSPS) is 16.5. The molecule has 0 aliphatic carbocycles. The highest BCUT2D eigenvalue weighted by molar-refractivity contribution is 9.10. The molecule has 1 aliphatic heterocycles. The van der Waals surface area contributed by atoms with Crippen LogP contribution in [-0.4, -0.2) is 36.2 Å². The van der Waals surface area contributed by atoms with E-state index in [2.05, 4.69) is 20.9 Å². The third-order valence-corrected chi connectivity index (χ3v) is 6.92. The van der Waals surface area contributed by atoms with Gasteiger partial charge >= 0.3 is 0 Å². The van der Waals surface area contributed by atoms with E-state index < -0.39 is 0 Å². The quantitative estimate of drug-likeness (QED) is 0.366. The first-order valence-electron chi connectivity index (χ1n) is 9.58. The molecule has 1 saturated heterocycles. The molecule has 0 aromatic heterocycles. The van der Waals surface area contributed by atoms with Gasteiger partial charge in [-0.2, -0.15) is 0 Å². The van der Waals surface area contributed by atoms with Crippen LogP contribution in [-0.2, 0) is 11.4 Å². The van der Waals surface area contributed by atoms with E-state index in [4.69, 9.17) is 32.7 Å². The SMILES string of the molecule is CCN=C1S/C(=C\c2cc(OC)c(OCc3ccc(Cl)c(Cl)c3)cc2Br)C(=O)N1CC. The largest absolute Gasteiger partial charge is 0.493 e. The summed E-state index contributed by atoms with van der Waals surface area (Å²) in [4.78, 5) is 19.4. The molecule has 0 radical (unpaired) electrons. The Kier molecular flexibility index (Phi) is 8.33. The van der Waals surface area contributed by atoms with Gasteiger partial charge in [0, 0.05) is 17.6 Å². The second-order valence-electron chi connectivity index (χ2n) is 6.48. The maximum absolute atomic E-state index is 12.7. The van der Waals surface area contributed by atoms with Crippen molar-refractivity contribution in [2.75, 3.05) is 20.2 Å². The highest BCUT2D eigenvalue weighted by Gasteiger charge is 2.32. The fraction of sp³-hybridized carbons (Fsp3) is 0.273. The first-order valence-corrected chi connectivity index (χ1v) is 11.9. The molecule has 0 unspecified atom stereocenters. The van der Waals surface area contributed by atoms with Crippen molar-refractivity contribution in [2.45, 2.75) is 20.5 Å². The first-order chi connectivity index (χ1) is 14.9. The standard InChI is InChI=1S/C22H21BrCl2N2O3S/c1-4-26-22-27(5-2)21(28)20(31-22)10-14-9-18(29-3)19(11-15(14)23)30-12-13-6-7-16(24)17(25)8-13/h6-11H,4-5,12H2,1-3H3/b20-10-,26-22?. The third kappa shape index (κ3) is 5.58. The van der Waals surface area contributed by atoms with E-state index >= 15 is 0 Å². The van der Waals surface area contributed by atoms with Gasteiger partial charge in [-0.15, -0.1) is 0 Å². The van der Waals surface area contributed by atoms with E-state index in [0.29, 0.717) is 46.1 Å². The van der Waals surface area contributed by atoms with Gasteiger partial charge in [0.1, 0.15) is 6.61 Å². The van der Waals surface area contributed by atoms with Gasteiger partial charge in [-0.3, -0.25) is 14.7 Å². The van der Waals surface area contributed by atoms with E-state index in [1.54, 1.807) is 24.1 Å². The number of amides is 1. The van der Waals surface area contributed by atoms with Gasteiger partial charge in [-0.25, -0.2) is 0 Å². The van der Waals surface area contributed by atoms with Crippen molar-refractivity contribution in [3.8, 4) is 11.5 Å². The minimum Gasteiger partial charge on any atom is -0.493 e. The van der Waals surface area contributed by atoms with Crippen molar-refractivity contribution < 1.29 is 14.3 Å². The molecule has 0 saturated carbocycles. The van der Waals surface area contributed by atoms with Crippen molar-refractivity contribution in [3.63, 3.8) is 0 Å². The third-order valence-electron chi connectivity index (χ3n) is 4.45. The molecule has 31 heavy (non-hydrogen) atoms. The Balaban J connectivity index is 1.85. The van der Waals surface area contributed by atoms with Crippen LogP contribution in [0, 0.1) is 0 Å². The highest BCUT2D eigenvalue weighted by atomic mass is 79.9. The molecule has 0 spiro atoms. The lowest BCUT2D eigenvalue weighted by Crippen LogP contribution is -2.28. The average molecular weight is 544 g/mol. The van der Waals surface area contributed by atoms with Gasteiger partial charge in [0.2, 0.25) is 0 Å². The first kappa shape index (κ1) is 24.0. The summed E-state index contributed by atoms with van der Waals surface area (Å²) in [7, 11) is 1.58. The molecule has 1 heterocycles. The maximum Gasteiger partial charge on any atom is 0.266 e. The van der Waals surface area contributed by atoms with Gasteiger partial charge in [0.25, 0.3) is 5.91 Å². The highest BCUT2D eigenvalue weighted by Crippen LogP contribution is 2.38. The van der Waals surface area contributed by atoms with Gasteiger partial charge < -0.3 is 9.47 Å². The molecule has 1 aliphatic rings. The van der Waals surface area contributed by atoms with Crippen molar-refractivity contribution >= 4 is 68.0 Å². The zero-order valence-electron chi connectivity index (χ0n) is 17.2. The maximum atomic E-state index is 12.7. The van der Waals surface area contributed by atoms with Crippen LogP contribution >= 0.6 is 50.9 Å². The molecule has 0 bridgehead atoms. The predicted octanol–water partition coefficient (Wildman–Crippen LogP) is 6.66. The van der Waals surface area contributed by atoms with Crippen LogP contribution in [0.1, 0.15) is 25.0 Å². The van der Waals surface area contributed by atoms with Gasteiger partial charge in [-0.05, 0) is 67.1 Å².